The Morgan fingerprint density at radius 2 is 2.21 bits per heavy atom. The van der Waals surface area contributed by atoms with Crippen LogP contribution in [0.3, 0.4) is 0 Å². The number of alkyl halides is 3. The van der Waals surface area contributed by atoms with E-state index in [9.17, 15) is 13.2 Å². The Balaban J connectivity index is 2.08. The van der Waals surface area contributed by atoms with Gasteiger partial charge in [0.2, 0.25) is 0 Å². The zero-order chi connectivity index (χ0) is 13.9. The summed E-state index contributed by atoms with van der Waals surface area (Å²) in [5, 5.41) is 11.8. The molecule has 2 rings (SSSR count). The maximum absolute atomic E-state index is 12.6. The molecule has 3 nitrogen and oxygen atoms in total. The Morgan fingerprint density at radius 3 is 2.79 bits per heavy atom. The molecule has 1 aromatic carbocycles. The molecule has 1 N–H and O–H groups in total. The van der Waals surface area contributed by atoms with Gasteiger partial charge in [-0.05, 0) is 31.0 Å². The van der Waals surface area contributed by atoms with E-state index in [2.05, 4.69) is 5.32 Å². The Labute approximate surface area is 109 Å². The van der Waals surface area contributed by atoms with Crippen LogP contribution in [0.1, 0.15) is 24.0 Å². The molecule has 0 radical (unpaired) electrons. The number of hydrogen-bond donors (Lipinski definition) is 1. The summed E-state index contributed by atoms with van der Waals surface area (Å²) in [5.74, 6) is 0. The average molecular weight is 270 g/mol. The highest BCUT2D eigenvalue weighted by atomic mass is 19.4. The monoisotopic (exact) mass is 270 g/mol. The van der Waals surface area contributed by atoms with Gasteiger partial charge in [-0.2, -0.15) is 18.4 Å². The highest BCUT2D eigenvalue weighted by Gasteiger charge is 2.33. The quantitative estimate of drug-likeness (QED) is 0.917. The normalized spacial score (nSPS) is 19.2. The van der Waals surface area contributed by atoms with Crippen LogP contribution >= 0.6 is 0 Å². The lowest BCUT2D eigenvalue weighted by Gasteiger charge is -2.14. The molecule has 1 fully saturated rings. The fourth-order valence-corrected chi connectivity index (χ4v) is 2.03. The van der Waals surface area contributed by atoms with E-state index in [-0.39, 0.29) is 11.7 Å². The Bertz CT molecular complexity index is 488. The fraction of sp³-hybridized carbons (Fsp3) is 0.462. The first kappa shape index (κ1) is 13.7. The van der Waals surface area contributed by atoms with Crippen molar-refractivity contribution in [2.24, 2.45) is 0 Å². The molecule has 1 aromatic rings. The lowest BCUT2D eigenvalue weighted by atomic mass is 10.1. The molecule has 1 saturated heterocycles. The van der Waals surface area contributed by atoms with Gasteiger partial charge in [0.05, 0.1) is 23.3 Å². The van der Waals surface area contributed by atoms with E-state index in [1.807, 2.05) is 0 Å². The summed E-state index contributed by atoms with van der Waals surface area (Å²) in [6.45, 7) is 1.26. The van der Waals surface area contributed by atoms with Crippen molar-refractivity contribution in [3.63, 3.8) is 0 Å². The van der Waals surface area contributed by atoms with Crippen LogP contribution in [-0.2, 0) is 10.9 Å². The smallest absolute Gasteiger partial charge is 0.382 e. The maximum atomic E-state index is 12.6. The van der Waals surface area contributed by atoms with Gasteiger partial charge >= 0.3 is 6.18 Å². The summed E-state index contributed by atoms with van der Waals surface area (Å²) in [5.41, 5.74) is -0.775. The largest absolute Gasteiger partial charge is 0.417 e. The molecule has 0 amide bonds. The second kappa shape index (κ2) is 5.49. The number of hydrogen-bond acceptors (Lipinski definition) is 3. The van der Waals surface area contributed by atoms with Crippen molar-refractivity contribution in [2.75, 3.05) is 18.5 Å². The zero-order valence-electron chi connectivity index (χ0n) is 10.1. The molecule has 6 heteroatoms. The van der Waals surface area contributed by atoms with Crippen LogP contribution < -0.4 is 5.32 Å². The number of anilines is 1. The molecule has 0 aromatic heterocycles. The van der Waals surface area contributed by atoms with Gasteiger partial charge in [0.1, 0.15) is 0 Å². The summed E-state index contributed by atoms with van der Waals surface area (Å²) >= 11 is 0. The van der Waals surface area contributed by atoms with Crippen molar-refractivity contribution in [3.05, 3.63) is 29.3 Å². The second-order valence-electron chi connectivity index (χ2n) is 4.39. The number of rotatable bonds is 3. The number of ether oxygens (including phenoxy) is 1. The Kier molecular flexibility index (Phi) is 3.96. The lowest BCUT2D eigenvalue weighted by Crippen LogP contribution is -2.18. The third kappa shape index (κ3) is 3.38. The van der Waals surface area contributed by atoms with Gasteiger partial charge in [0, 0.05) is 18.8 Å². The molecular weight excluding hydrogens is 257 g/mol. The van der Waals surface area contributed by atoms with E-state index < -0.39 is 11.7 Å². The number of halogens is 3. The molecule has 1 aliphatic rings. The van der Waals surface area contributed by atoms with Crippen molar-refractivity contribution in [3.8, 4) is 6.07 Å². The minimum Gasteiger partial charge on any atom is -0.382 e. The van der Waals surface area contributed by atoms with Gasteiger partial charge in [0.25, 0.3) is 0 Å². The van der Waals surface area contributed by atoms with Gasteiger partial charge in [-0.25, -0.2) is 0 Å². The first-order valence-electron chi connectivity index (χ1n) is 5.97. The molecule has 19 heavy (non-hydrogen) atoms. The van der Waals surface area contributed by atoms with Gasteiger partial charge < -0.3 is 10.1 Å². The van der Waals surface area contributed by atoms with Gasteiger partial charge in [-0.1, -0.05) is 0 Å². The van der Waals surface area contributed by atoms with Gasteiger partial charge in [0.15, 0.2) is 0 Å². The molecule has 0 bridgehead atoms. The van der Waals surface area contributed by atoms with Crippen LogP contribution in [0.25, 0.3) is 0 Å². The Hall–Kier alpha value is -1.74. The van der Waals surface area contributed by atoms with Crippen LogP contribution in [-0.4, -0.2) is 19.3 Å². The first-order valence-corrected chi connectivity index (χ1v) is 5.97. The summed E-state index contributed by atoms with van der Waals surface area (Å²) in [6.07, 6.45) is -2.47. The zero-order valence-corrected chi connectivity index (χ0v) is 10.1. The topological polar surface area (TPSA) is 45.0 Å². The van der Waals surface area contributed by atoms with E-state index in [1.165, 1.54) is 12.1 Å². The molecule has 0 saturated carbocycles. The summed E-state index contributed by atoms with van der Waals surface area (Å²) < 4.78 is 43.2. The van der Waals surface area contributed by atoms with E-state index in [0.29, 0.717) is 12.2 Å². The summed E-state index contributed by atoms with van der Waals surface area (Å²) in [4.78, 5) is 0. The van der Waals surface area contributed by atoms with Crippen molar-refractivity contribution in [1.29, 1.82) is 5.26 Å². The summed E-state index contributed by atoms with van der Waals surface area (Å²) in [7, 11) is 0. The molecular formula is C13H13F3N2O. The highest BCUT2D eigenvalue weighted by Crippen LogP contribution is 2.33. The predicted octanol–water partition coefficient (Wildman–Crippen LogP) is 3.17. The van der Waals surface area contributed by atoms with E-state index in [4.69, 9.17) is 10.00 Å². The summed E-state index contributed by atoms with van der Waals surface area (Å²) in [6, 6.07) is 5.06. The molecule has 1 unspecified atom stereocenters. The molecule has 1 heterocycles. The molecule has 1 aliphatic heterocycles. The molecule has 0 aliphatic carbocycles. The SMILES string of the molecule is N#Cc1cc(NCC2CCCO2)ccc1C(F)(F)F. The predicted molar refractivity (Wildman–Crippen MR) is 63.6 cm³/mol. The minimum atomic E-state index is -4.50. The lowest BCUT2D eigenvalue weighted by molar-refractivity contribution is -0.137. The number of benzene rings is 1. The van der Waals surface area contributed by atoms with Crippen LogP contribution in [0.5, 0.6) is 0 Å². The number of nitriles is 1. The van der Waals surface area contributed by atoms with Gasteiger partial charge in [-0.15, -0.1) is 0 Å². The highest BCUT2D eigenvalue weighted by molar-refractivity contribution is 5.53. The van der Waals surface area contributed by atoms with Crippen LogP contribution in [0.15, 0.2) is 18.2 Å². The van der Waals surface area contributed by atoms with E-state index in [1.54, 1.807) is 6.07 Å². The van der Waals surface area contributed by atoms with Crippen LogP contribution in [0.4, 0.5) is 18.9 Å². The third-order valence-electron chi connectivity index (χ3n) is 3.00. The van der Waals surface area contributed by atoms with E-state index in [0.717, 1.165) is 25.5 Å². The second-order valence-corrected chi connectivity index (χ2v) is 4.39. The van der Waals surface area contributed by atoms with Crippen molar-refractivity contribution < 1.29 is 17.9 Å². The van der Waals surface area contributed by atoms with Gasteiger partial charge in [-0.3, -0.25) is 0 Å². The molecule has 0 spiro atoms. The average Bonchev–Trinajstić information content (AvgIpc) is 2.88. The molecule has 102 valence electrons. The van der Waals surface area contributed by atoms with E-state index >= 15 is 0 Å². The minimum absolute atomic E-state index is 0.0906. The maximum Gasteiger partial charge on any atom is 0.417 e. The fourth-order valence-electron chi connectivity index (χ4n) is 2.03. The third-order valence-corrected chi connectivity index (χ3v) is 3.00. The first-order chi connectivity index (χ1) is 9.00. The standard InChI is InChI=1S/C13H13F3N2O/c14-13(15,16)12-4-3-10(6-9(12)7-17)18-8-11-2-1-5-19-11/h3-4,6,11,18H,1-2,5,8H2. The van der Waals surface area contributed by atoms with Crippen molar-refractivity contribution in [2.45, 2.75) is 25.1 Å². The Morgan fingerprint density at radius 1 is 1.42 bits per heavy atom. The van der Waals surface area contributed by atoms with Crippen LogP contribution in [0.2, 0.25) is 0 Å². The number of nitrogens with zero attached hydrogens (tertiary/aromatic N) is 1. The number of nitrogens with one attached hydrogen (secondary N) is 1. The molecule has 1 atom stereocenters. The van der Waals surface area contributed by atoms with Crippen LogP contribution in [0, 0.1) is 11.3 Å². The van der Waals surface area contributed by atoms with Crippen molar-refractivity contribution >= 4 is 5.69 Å². The van der Waals surface area contributed by atoms with Crippen molar-refractivity contribution in [1.82, 2.24) is 0 Å².